The lowest BCUT2D eigenvalue weighted by atomic mass is 9.62. The van der Waals surface area contributed by atoms with Crippen LogP contribution < -0.4 is 11.1 Å². The Labute approximate surface area is 198 Å². The van der Waals surface area contributed by atoms with E-state index in [9.17, 15) is 14.7 Å². The molecule has 0 bridgehead atoms. The predicted molar refractivity (Wildman–Crippen MR) is 130 cm³/mol. The van der Waals surface area contributed by atoms with E-state index in [0.717, 1.165) is 25.7 Å². The Hall–Kier alpha value is -1.92. The molecule has 1 aromatic carbocycles. The van der Waals surface area contributed by atoms with E-state index in [1.54, 1.807) is 13.2 Å². The Morgan fingerprint density at radius 2 is 1.91 bits per heavy atom. The highest BCUT2D eigenvalue weighted by molar-refractivity contribution is 5.93. The van der Waals surface area contributed by atoms with Gasteiger partial charge in [-0.2, -0.15) is 0 Å². The second-order valence-electron chi connectivity index (χ2n) is 10.1. The SMILES string of the molecule is CCC1(CC)c2cc(C(N)=O)ccc2CC(OC)C1NCCC(CC1CCCCC1)C(=O)O. The van der Waals surface area contributed by atoms with Crippen LogP contribution in [-0.4, -0.2) is 42.8 Å². The number of ether oxygens (including phenoxy) is 1. The van der Waals surface area contributed by atoms with Gasteiger partial charge in [-0.3, -0.25) is 9.59 Å². The van der Waals surface area contributed by atoms with Gasteiger partial charge in [0.25, 0.3) is 0 Å². The number of hydrogen-bond acceptors (Lipinski definition) is 4. The van der Waals surface area contributed by atoms with Crippen molar-refractivity contribution in [3.05, 3.63) is 34.9 Å². The smallest absolute Gasteiger partial charge is 0.306 e. The summed E-state index contributed by atoms with van der Waals surface area (Å²) in [6.45, 7) is 5.00. The van der Waals surface area contributed by atoms with Crippen molar-refractivity contribution in [3.8, 4) is 0 Å². The maximum absolute atomic E-state index is 12.0. The van der Waals surface area contributed by atoms with Gasteiger partial charge in [-0.15, -0.1) is 0 Å². The summed E-state index contributed by atoms with van der Waals surface area (Å²) in [7, 11) is 1.75. The second-order valence-corrected chi connectivity index (χ2v) is 10.1. The van der Waals surface area contributed by atoms with E-state index in [0.29, 0.717) is 24.4 Å². The van der Waals surface area contributed by atoms with Crippen LogP contribution in [0.15, 0.2) is 18.2 Å². The van der Waals surface area contributed by atoms with Crippen molar-refractivity contribution in [2.24, 2.45) is 17.6 Å². The Morgan fingerprint density at radius 3 is 2.48 bits per heavy atom. The van der Waals surface area contributed by atoms with Crippen LogP contribution in [0.4, 0.5) is 0 Å². The fourth-order valence-electron chi connectivity index (χ4n) is 6.43. The number of methoxy groups -OCH3 is 1. The number of primary amides is 1. The number of carbonyl (C=O) groups excluding carboxylic acids is 1. The number of nitrogens with two attached hydrogens (primary N) is 1. The van der Waals surface area contributed by atoms with Crippen molar-refractivity contribution in [1.82, 2.24) is 5.32 Å². The molecule has 2 aliphatic carbocycles. The molecule has 4 N–H and O–H groups in total. The molecule has 0 aromatic heterocycles. The molecule has 3 atom stereocenters. The largest absolute Gasteiger partial charge is 0.481 e. The van der Waals surface area contributed by atoms with Crippen molar-refractivity contribution >= 4 is 11.9 Å². The molecule has 0 radical (unpaired) electrons. The highest BCUT2D eigenvalue weighted by Crippen LogP contribution is 2.44. The highest BCUT2D eigenvalue weighted by atomic mass is 16.5. The maximum Gasteiger partial charge on any atom is 0.306 e. The van der Waals surface area contributed by atoms with Crippen molar-refractivity contribution in [2.45, 2.75) is 95.6 Å². The van der Waals surface area contributed by atoms with E-state index in [-0.39, 0.29) is 23.5 Å². The minimum Gasteiger partial charge on any atom is -0.481 e. The summed E-state index contributed by atoms with van der Waals surface area (Å²) >= 11 is 0. The average molecular weight is 459 g/mol. The molecule has 0 heterocycles. The quantitative estimate of drug-likeness (QED) is 0.455. The summed E-state index contributed by atoms with van der Waals surface area (Å²) < 4.78 is 5.95. The number of rotatable bonds is 11. The third-order valence-corrected chi connectivity index (χ3v) is 8.43. The monoisotopic (exact) mass is 458 g/mol. The van der Waals surface area contributed by atoms with Gasteiger partial charge in [-0.25, -0.2) is 0 Å². The lowest BCUT2D eigenvalue weighted by Gasteiger charge is -2.49. The van der Waals surface area contributed by atoms with Gasteiger partial charge in [0.05, 0.1) is 12.0 Å². The van der Waals surface area contributed by atoms with Crippen molar-refractivity contribution in [3.63, 3.8) is 0 Å². The number of fused-ring (bicyclic) bond motifs is 1. The minimum atomic E-state index is -0.678. The van der Waals surface area contributed by atoms with Crippen LogP contribution in [0, 0.1) is 11.8 Å². The first kappa shape index (κ1) is 25.7. The third kappa shape index (κ3) is 5.60. The molecule has 3 rings (SSSR count). The summed E-state index contributed by atoms with van der Waals surface area (Å²) in [5.41, 5.74) is 8.29. The first-order valence-electron chi connectivity index (χ1n) is 12.8. The summed E-state index contributed by atoms with van der Waals surface area (Å²) in [5, 5.41) is 13.6. The molecule has 3 unspecified atom stereocenters. The zero-order valence-electron chi connectivity index (χ0n) is 20.6. The lowest BCUT2D eigenvalue weighted by molar-refractivity contribution is -0.142. The number of aliphatic carboxylic acids is 1. The van der Waals surface area contributed by atoms with Gasteiger partial charge in [0.1, 0.15) is 0 Å². The topological polar surface area (TPSA) is 102 Å². The van der Waals surface area contributed by atoms with E-state index >= 15 is 0 Å². The predicted octanol–water partition coefficient (Wildman–Crippen LogP) is 4.43. The van der Waals surface area contributed by atoms with Crippen LogP contribution in [-0.2, 0) is 21.4 Å². The summed E-state index contributed by atoms with van der Waals surface area (Å²) in [4.78, 5) is 23.9. The van der Waals surface area contributed by atoms with Crippen LogP contribution in [0.1, 0.15) is 93.1 Å². The Morgan fingerprint density at radius 1 is 1.21 bits per heavy atom. The lowest BCUT2D eigenvalue weighted by Crippen LogP contribution is -2.59. The molecule has 6 heteroatoms. The van der Waals surface area contributed by atoms with Crippen LogP contribution in [0.25, 0.3) is 0 Å². The number of amides is 1. The van der Waals surface area contributed by atoms with E-state index in [4.69, 9.17) is 10.5 Å². The molecule has 33 heavy (non-hydrogen) atoms. The van der Waals surface area contributed by atoms with E-state index in [1.165, 1.54) is 43.2 Å². The first-order valence-corrected chi connectivity index (χ1v) is 12.8. The fourth-order valence-corrected chi connectivity index (χ4v) is 6.43. The number of benzene rings is 1. The second kappa shape index (κ2) is 11.5. The molecule has 0 saturated heterocycles. The number of carboxylic acid groups (broad SMARTS) is 1. The van der Waals surface area contributed by atoms with Gasteiger partial charge < -0.3 is 20.9 Å². The molecule has 1 aromatic rings. The van der Waals surface area contributed by atoms with Gasteiger partial charge in [0.15, 0.2) is 0 Å². The van der Waals surface area contributed by atoms with Gasteiger partial charge in [-0.05, 0) is 61.4 Å². The molecule has 6 nitrogen and oxygen atoms in total. The molecule has 1 amide bonds. The van der Waals surface area contributed by atoms with Crippen molar-refractivity contribution in [2.75, 3.05) is 13.7 Å². The van der Waals surface area contributed by atoms with E-state index in [2.05, 4.69) is 19.2 Å². The van der Waals surface area contributed by atoms with Crippen LogP contribution >= 0.6 is 0 Å². The van der Waals surface area contributed by atoms with Crippen molar-refractivity contribution in [1.29, 1.82) is 0 Å². The molecule has 0 spiro atoms. The van der Waals surface area contributed by atoms with Crippen LogP contribution in [0.5, 0.6) is 0 Å². The van der Waals surface area contributed by atoms with Gasteiger partial charge >= 0.3 is 5.97 Å². The van der Waals surface area contributed by atoms with Gasteiger partial charge in [0.2, 0.25) is 5.91 Å². The average Bonchev–Trinajstić information content (AvgIpc) is 2.83. The molecule has 2 aliphatic rings. The molecular formula is C27H42N2O4. The summed E-state index contributed by atoms with van der Waals surface area (Å²) in [6, 6.07) is 5.83. The van der Waals surface area contributed by atoms with Crippen LogP contribution in [0.3, 0.4) is 0 Å². The third-order valence-electron chi connectivity index (χ3n) is 8.43. The number of hydrogen-bond donors (Lipinski definition) is 3. The van der Waals surface area contributed by atoms with Crippen molar-refractivity contribution < 1.29 is 19.4 Å². The standard InChI is InChI=1S/C27H42N2O4/c1-4-27(5-2)22-16-20(25(28)30)12-11-19(22)17-23(33-3)24(27)29-14-13-21(26(31)32)15-18-9-7-6-8-10-18/h11-12,16,18,21,23-24,29H,4-10,13-15,17H2,1-3H3,(H2,28,30)(H,31,32). The Bertz CT molecular complexity index is 814. The number of carboxylic acids is 1. The molecular weight excluding hydrogens is 416 g/mol. The van der Waals surface area contributed by atoms with E-state index < -0.39 is 11.9 Å². The van der Waals surface area contributed by atoms with Crippen LogP contribution in [0.2, 0.25) is 0 Å². The zero-order chi connectivity index (χ0) is 24.0. The van der Waals surface area contributed by atoms with Gasteiger partial charge in [0, 0.05) is 30.6 Å². The Kier molecular flexibility index (Phi) is 8.94. The number of nitrogens with one attached hydrogen (secondary N) is 1. The summed E-state index contributed by atoms with van der Waals surface area (Å²) in [5.74, 6) is -0.852. The van der Waals surface area contributed by atoms with Gasteiger partial charge in [-0.1, -0.05) is 52.0 Å². The summed E-state index contributed by atoms with van der Waals surface area (Å²) in [6.07, 6.45) is 10.0. The fraction of sp³-hybridized carbons (Fsp3) is 0.704. The maximum atomic E-state index is 12.0. The first-order chi connectivity index (χ1) is 15.9. The zero-order valence-corrected chi connectivity index (χ0v) is 20.6. The molecule has 184 valence electrons. The molecule has 1 fully saturated rings. The normalized spacial score (nSPS) is 23.6. The Balaban J connectivity index is 1.78. The number of carbonyl (C=O) groups is 2. The van der Waals surface area contributed by atoms with E-state index in [1.807, 2.05) is 12.1 Å². The highest BCUT2D eigenvalue weighted by Gasteiger charge is 2.46. The minimum absolute atomic E-state index is 0.0153. The molecule has 0 aliphatic heterocycles. The molecule has 1 saturated carbocycles.